The summed E-state index contributed by atoms with van der Waals surface area (Å²) in [4.78, 5) is 2.33. The van der Waals surface area contributed by atoms with E-state index in [1.165, 1.54) is 22.3 Å². The first kappa shape index (κ1) is 30.7. The van der Waals surface area contributed by atoms with Gasteiger partial charge in [0.1, 0.15) is 11.1 Å². The lowest BCUT2D eigenvalue weighted by atomic mass is 10.0. The quantitative estimate of drug-likeness (QED) is 0.167. The van der Waals surface area contributed by atoms with Gasteiger partial charge in [0.05, 0.1) is 5.52 Å². The van der Waals surface area contributed by atoms with E-state index < -0.39 is 0 Å². The second-order valence-electron chi connectivity index (χ2n) is 13.4. The van der Waals surface area contributed by atoms with Gasteiger partial charge in [0.15, 0.2) is 5.58 Å². The highest BCUT2D eigenvalue weighted by atomic mass is 16.3. The van der Waals surface area contributed by atoms with E-state index in [2.05, 4.69) is 216 Å². The molecule has 10 rings (SSSR count). The van der Waals surface area contributed by atoms with Gasteiger partial charge >= 0.3 is 0 Å². The van der Waals surface area contributed by atoms with Crippen molar-refractivity contribution in [2.45, 2.75) is 0 Å². The third-order valence-electron chi connectivity index (χ3n) is 10.2. The molecule has 0 bridgehead atoms. The Kier molecular flexibility index (Phi) is 7.47. The largest absolute Gasteiger partial charge is 0.454 e. The van der Waals surface area contributed by atoms with Crippen LogP contribution in [0.3, 0.4) is 0 Å². The highest BCUT2D eigenvalue weighted by Gasteiger charge is 2.20. The molecule has 0 aliphatic heterocycles. The topological polar surface area (TPSA) is 21.3 Å². The summed E-state index contributed by atoms with van der Waals surface area (Å²) in [6, 6.07) is 73.2. The molecule has 0 spiro atoms. The van der Waals surface area contributed by atoms with E-state index in [9.17, 15) is 0 Å². The van der Waals surface area contributed by atoms with E-state index >= 15 is 0 Å². The Balaban J connectivity index is 1.07. The van der Waals surface area contributed by atoms with Crippen LogP contribution in [-0.4, -0.2) is 4.57 Å². The van der Waals surface area contributed by atoms with Crippen molar-refractivity contribution in [1.82, 2.24) is 4.57 Å². The first-order valence-electron chi connectivity index (χ1n) is 18.0. The van der Waals surface area contributed by atoms with Crippen molar-refractivity contribution < 1.29 is 4.42 Å². The molecule has 0 amide bonds. The van der Waals surface area contributed by atoms with Crippen molar-refractivity contribution in [3.05, 3.63) is 206 Å². The van der Waals surface area contributed by atoms with Crippen LogP contribution in [-0.2, 0) is 0 Å². The van der Waals surface area contributed by atoms with Gasteiger partial charge in [0, 0.05) is 33.5 Å². The summed E-state index contributed by atoms with van der Waals surface area (Å²) >= 11 is 0. The third-order valence-corrected chi connectivity index (χ3v) is 10.2. The molecule has 0 unspecified atom stereocenters. The van der Waals surface area contributed by atoms with Crippen LogP contribution < -0.4 is 4.90 Å². The summed E-state index contributed by atoms with van der Waals surface area (Å²) in [5.41, 5.74) is 15.4. The zero-order valence-corrected chi connectivity index (χ0v) is 28.9. The van der Waals surface area contributed by atoms with Crippen LogP contribution in [0.15, 0.2) is 211 Å². The van der Waals surface area contributed by atoms with E-state index in [1.807, 2.05) is 0 Å². The molecule has 250 valence electrons. The van der Waals surface area contributed by atoms with Gasteiger partial charge in [-0.15, -0.1) is 0 Å². The predicted octanol–water partition coefficient (Wildman–Crippen LogP) is 14.0. The number of furan rings is 1. The molecule has 0 atom stereocenters. The van der Waals surface area contributed by atoms with E-state index in [0.29, 0.717) is 0 Å². The Hall–Kier alpha value is -7.10. The Morgan fingerprint density at radius 2 is 0.868 bits per heavy atom. The number of hydrogen-bond donors (Lipinski definition) is 0. The Bertz CT molecular complexity index is 2770. The lowest BCUT2D eigenvalue weighted by molar-refractivity contribution is 0.673. The van der Waals surface area contributed by atoms with Crippen LogP contribution in [0, 0.1) is 0 Å². The van der Waals surface area contributed by atoms with Crippen molar-refractivity contribution >= 4 is 50.0 Å². The van der Waals surface area contributed by atoms with Gasteiger partial charge in [0.25, 0.3) is 0 Å². The number of hydrogen-bond acceptors (Lipinski definition) is 2. The maximum Gasteiger partial charge on any atom is 0.161 e. The maximum absolute atomic E-state index is 6.71. The van der Waals surface area contributed by atoms with Crippen LogP contribution in [0.4, 0.5) is 17.1 Å². The molecule has 53 heavy (non-hydrogen) atoms. The van der Waals surface area contributed by atoms with Crippen molar-refractivity contribution in [1.29, 1.82) is 0 Å². The molecule has 3 nitrogen and oxygen atoms in total. The van der Waals surface area contributed by atoms with Gasteiger partial charge in [0.2, 0.25) is 0 Å². The van der Waals surface area contributed by atoms with Crippen LogP contribution in [0.5, 0.6) is 0 Å². The first-order chi connectivity index (χ1) is 26.3. The summed E-state index contributed by atoms with van der Waals surface area (Å²) in [5.74, 6) is 0. The molecule has 3 heteroatoms. The molecule has 0 aliphatic carbocycles. The fraction of sp³-hybridized carbons (Fsp3) is 0. The summed E-state index contributed by atoms with van der Waals surface area (Å²) in [6.07, 6.45) is 0. The second-order valence-corrected chi connectivity index (χ2v) is 13.4. The molecule has 2 aromatic heterocycles. The highest BCUT2D eigenvalue weighted by molar-refractivity contribution is 6.16. The molecule has 0 aliphatic rings. The predicted molar refractivity (Wildman–Crippen MR) is 222 cm³/mol. The average Bonchev–Trinajstić information content (AvgIpc) is 3.77. The molecule has 0 saturated heterocycles. The SMILES string of the molecule is c1ccc(-c2ccc(N(c3ccc(-c4ccccc4)cc3)c3cccc(-c4ccc5c(c4)oc4c6ccccc6n(-c6ccccc6)c54)c3)cc2)cc1. The molecule has 2 heterocycles. The maximum atomic E-state index is 6.71. The molecular formula is C50H34N2O. The lowest BCUT2D eigenvalue weighted by Crippen LogP contribution is -2.10. The van der Waals surface area contributed by atoms with Crippen LogP contribution >= 0.6 is 0 Å². The summed E-state index contributed by atoms with van der Waals surface area (Å²) in [7, 11) is 0. The zero-order valence-electron chi connectivity index (χ0n) is 28.9. The smallest absolute Gasteiger partial charge is 0.161 e. The number of benzene rings is 8. The fourth-order valence-corrected chi connectivity index (χ4v) is 7.63. The fourth-order valence-electron chi connectivity index (χ4n) is 7.63. The van der Waals surface area contributed by atoms with Crippen molar-refractivity contribution in [3.8, 4) is 39.1 Å². The Morgan fingerprint density at radius 3 is 1.51 bits per heavy atom. The van der Waals surface area contributed by atoms with Crippen molar-refractivity contribution in [2.75, 3.05) is 4.90 Å². The van der Waals surface area contributed by atoms with Gasteiger partial charge in [-0.1, -0.05) is 133 Å². The van der Waals surface area contributed by atoms with Crippen LogP contribution in [0.1, 0.15) is 0 Å². The zero-order chi connectivity index (χ0) is 35.1. The Morgan fingerprint density at radius 1 is 0.358 bits per heavy atom. The molecule has 0 radical (unpaired) electrons. The van der Waals surface area contributed by atoms with Gasteiger partial charge in [-0.25, -0.2) is 0 Å². The molecule has 0 N–H and O–H groups in total. The summed E-state index contributed by atoms with van der Waals surface area (Å²) < 4.78 is 9.03. The monoisotopic (exact) mass is 678 g/mol. The van der Waals surface area contributed by atoms with Gasteiger partial charge in [-0.2, -0.15) is 0 Å². The van der Waals surface area contributed by atoms with Crippen LogP contribution in [0.25, 0.3) is 72.0 Å². The minimum atomic E-state index is 0.873. The van der Waals surface area contributed by atoms with E-state index in [-0.39, 0.29) is 0 Å². The molecule has 8 aromatic carbocycles. The minimum absolute atomic E-state index is 0.873. The second kappa shape index (κ2) is 12.9. The van der Waals surface area contributed by atoms with Crippen molar-refractivity contribution in [3.63, 3.8) is 0 Å². The van der Waals surface area contributed by atoms with Crippen molar-refractivity contribution in [2.24, 2.45) is 0 Å². The number of para-hydroxylation sites is 2. The number of anilines is 3. The first-order valence-corrected chi connectivity index (χ1v) is 18.0. The number of fused-ring (bicyclic) bond motifs is 5. The van der Waals surface area contributed by atoms with Gasteiger partial charge in [-0.05, 0) is 106 Å². The van der Waals surface area contributed by atoms with Gasteiger partial charge in [-0.3, -0.25) is 0 Å². The lowest BCUT2D eigenvalue weighted by Gasteiger charge is -2.26. The minimum Gasteiger partial charge on any atom is -0.454 e. The molecule has 10 aromatic rings. The molecule has 0 fully saturated rings. The number of nitrogens with zero attached hydrogens (tertiary/aromatic N) is 2. The summed E-state index contributed by atoms with van der Waals surface area (Å²) in [6.45, 7) is 0. The normalized spacial score (nSPS) is 11.4. The third kappa shape index (κ3) is 5.47. The van der Waals surface area contributed by atoms with E-state index in [4.69, 9.17) is 4.42 Å². The van der Waals surface area contributed by atoms with Crippen LogP contribution in [0.2, 0.25) is 0 Å². The van der Waals surface area contributed by atoms with E-state index in [1.54, 1.807) is 0 Å². The average molecular weight is 679 g/mol. The summed E-state index contributed by atoms with van der Waals surface area (Å²) in [5, 5.41) is 2.21. The Labute approximate surface area is 308 Å². The number of aromatic nitrogens is 1. The van der Waals surface area contributed by atoms with Gasteiger partial charge < -0.3 is 13.9 Å². The molecular weight excluding hydrogens is 645 g/mol. The number of rotatable bonds is 7. The standard InChI is InChI=1S/C50H34N2O/c1-4-13-35(14-5-1)37-23-28-42(29-24-37)51(43-30-25-38(26-31-43)36-15-6-2-7-16-36)44-20-12-17-39(33-44)40-27-32-46-48(34-40)53-50-45-21-10-11-22-47(45)52(49(46)50)41-18-8-3-9-19-41/h1-34H. The van der Waals surface area contributed by atoms with E-state index in [0.717, 1.165) is 66.8 Å². The highest BCUT2D eigenvalue weighted by Crippen LogP contribution is 2.42. The molecule has 0 saturated carbocycles.